The molecule has 0 spiro atoms. The molecule has 0 saturated heterocycles. The highest BCUT2D eigenvalue weighted by Gasteiger charge is 2.31. The van der Waals surface area contributed by atoms with E-state index in [0.29, 0.717) is 0 Å². The van der Waals surface area contributed by atoms with E-state index in [4.69, 9.17) is 16.3 Å². The lowest BCUT2D eigenvalue weighted by Gasteiger charge is -2.12. The van der Waals surface area contributed by atoms with Crippen LogP contribution in [0.1, 0.15) is 19.3 Å². The van der Waals surface area contributed by atoms with E-state index in [9.17, 15) is 4.79 Å². The van der Waals surface area contributed by atoms with Crippen molar-refractivity contribution in [2.75, 3.05) is 7.11 Å². The molecule has 0 aromatic heterocycles. The van der Waals surface area contributed by atoms with E-state index in [2.05, 4.69) is 0 Å². The Morgan fingerprint density at radius 2 is 2.30 bits per heavy atom. The zero-order valence-corrected chi connectivity index (χ0v) is 6.73. The van der Waals surface area contributed by atoms with E-state index in [1.165, 1.54) is 0 Å². The molecule has 1 aliphatic carbocycles. The topological polar surface area (TPSA) is 26.3 Å². The van der Waals surface area contributed by atoms with Crippen LogP contribution in [0.4, 0.5) is 0 Å². The highest BCUT2D eigenvalue weighted by atomic mass is 35.5. The first-order chi connectivity index (χ1) is 4.75. The number of carbonyl (C=O) groups is 1. The molecular formula is C7H11ClO2. The first-order valence-corrected chi connectivity index (χ1v) is 3.85. The molecule has 10 heavy (non-hydrogen) atoms. The van der Waals surface area contributed by atoms with E-state index in [-0.39, 0.29) is 17.3 Å². The fraction of sp³-hybridized carbons (Fsp3) is 0.857. The predicted molar refractivity (Wildman–Crippen MR) is 39.0 cm³/mol. The Kier molecular flexibility index (Phi) is 2.69. The normalized spacial score (nSPS) is 32.6. The summed E-state index contributed by atoms with van der Waals surface area (Å²) in [6.45, 7) is 0. The second-order valence-electron chi connectivity index (χ2n) is 2.62. The molecule has 0 radical (unpaired) electrons. The van der Waals surface area contributed by atoms with Crippen molar-refractivity contribution in [2.24, 2.45) is 5.92 Å². The molecule has 0 N–H and O–H groups in total. The highest BCUT2D eigenvalue weighted by Crippen LogP contribution is 2.29. The number of halogens is 1. The van der Waals surface area contributed by atoms with Crippen molar-refractivity contribution >= 4 is 16.8 Å². The number of carbonyl (C=O) groups excluding carboxylic acids is 1. The minimum Gasteiger partial charge on any atom is -0.381 e. The summed E-state index contributed by atoms with van der Waals surface area (Å²) in [6, 6.07) is 0. The lowest BCUT2D eigenvalue weighted by molar-refractivity contribution is -0.118. The van der Waals surface area contributed by atoms with Gasteiger partial charge in [-0.1, -0.05) is 0 Å². The molecule has 0 bridgehead atoms. The molecule has 0 aliphatic heterocycles. The fourth-order valence-corrected chi connectivity index (χ4v) is 1.72. The van der Waals surface area contributed by atoms with E-state index in [0.717, 1.165) is 19.3 Å². The molecular weight excluding hydrogens is 152 g/mol. The maximum absolute atomic E-state index is 10.7. The minimum absolute atomic E-state index is 0.0494. The van der Waals surface area contributed by atoms with Gasteiger partial charge in [0.15, 0.2) is 0 Å². The Hall–Kier alpha value is -0.0800. The molecule has 1 saturated carbocycles. The Morgan fingerprint density at radius 3 is 2.70 bits per heavy atom. The van der Waals surface area contributed by atoms with Gasteiger partial charge in [-0.25, -0.2) is 0 Å². The summed E-state index contributed by atoms with van der Waals surface area (Å²) in [5.74, 6) is -0.0494. The van der Waals surface area contributed by atoms with E-state index < -0.39 is 0 Å². The third kappa shape index (κ3) is 1.50. The van der Waals surface area contributed by atoms with Gasteiger partial charge in [0.05, 0.1) is 12.0 Å². The molecule has 1 rings (SSSR count). The minimum atomic E-state index is -0.246. The zero-order chi connectivity index (χ0) is 7.56. The van der Waals surface area contributed by atoms with Crippen molar-refractivity contribution in [3.05, 3.63) is 0 Å². The molecule has 2 nitrogen and oxygen atoms in total. The van der Waals surface area contributed by atoms with Gasteiger partial charge in [-0.15, -0.1) is 0 Å². The number of ether oxygens (including phenoxy) is 1. The molecule has 0 aromatic rings. The molecule has 0 aromatic carbocycles. The Morgan fingerprint density at radius 1 is 1.60 bits per heavy atom. The summed E-state index contributed by atoms with van der Waals surface area (Å²) < 4.78 is 5.08. The first-order valence-electron chi connectivity index (χ1n) is 3.48. The van der Waals surface area contributed by atoms with Gasteiger partial charge in [0.25, 0.3) is 0 Å². The Labute approximate surface area is 65.5 Å². The lowest BCUT2D eigenvalue weighted by Crippen LogP contribution is -2.21. The second kappa shape index (κ2) is 3.35. The summed E-state index contributed by atoms with van der Waals surface area (Å²) >= 11 is 5.34. The molecule has 2 atom stereocenters. The van der Waals surface area contributed by atoms with Crippen LogP contribution >= 0.6 is 11.6 Å². The summed E-state index contributed by atoms with van der Waals surface area (Å²) in [5.41, 5.74) is 0. The number of hydrogen-bond donors (Lipinski definition) is 0. The molecule has 58 valence electrons. The third-order valence-electron chi connectivity index (χ3n) is 2.05. The van der Waals surface area contributed by atoms with Crippen LogP contribution in [0.5, 0.6) is 0 Å². The van der Waals surface area contributed by atoms with Crippen LogP contribution in [0.25, 0.3) is 0 Å². The predicted octanol–water partition coefficient (Wildman–Crippen LogP) is 1.57. The second-order valence-corrected chi connectivity index (χ2v) is 2.99. The molecule has 1 aliphatic rings. The van der Waals surface area contributed by atoms with E-state index in [1.807, 2.05) is 0 Å². The average Bonchev–Trinajstić information content (AvgIpc) is 2.33. The van der Waals surface area contributed by atoms with E-state index in [1.54, 1.807) is 7.11 Å². The summed E-state index contributed by atoms with van der Waals surface area (Å²) in [4.78, 5) is 10.7. The van der Waals surface area contributed by atoms with Gasteiger partial charge >= 0.3 is 0 Å². The molecule has 0 amide bonds. The van der Waals surface area contributed by atoms with Crippen LogP contribution in [0.2, 0.25) is 0 Å². The van der Waals surface area contributed by atoms with Gasteiger partial charge in [-0.2, -0.15) is 0 Å². The van der Waals surface area contributed by atoms with E-state index >= 15 is 0 Å². The standard InChI is InChI=1S/C7H11ClO2/c1-10-6-4-2-3-5(6)7(8)9/h5-6H,2-4H2,1H3. The lowest BCUT2D eigenvalue weighted by atomic mass is 10.1. The van der Waals surface area contributed by atoms with Gasteiger partial charge in [0, 0.05) is 7.11 Å². The van der Waals surface area contributed by atoms with Crippen molar-refractivity contribution in [2.45, 2.75) is 25.4 Å². The largest absolute Gasteiger partial charge is 0.381 e. The maximum atomic E-state index is 10.7. The quantitative estimate of drug-likeness (QED) is 0.577. The van der Waals surface area contributed by atoms with Crippen molar-refractivity contribution in [3.63, 3.8) is 0 Å². The Bertz CT molecular complexity index is 136. The molecule has 2 unspecified atom stereocenters. The van der Waals surface area contributed by atoms with Crippen LogP contribution in [0, 0.1) is 5.92 Å². The third-order valence-corrected chi connectivity index (χ3v) is 2.33. The fourth-order valence-electron chi connectivity index (χ4n) is 1.47. The summed E-state index contributed by atoms with van der Waals surface area (Å²) in [6.07, 6.45) is 2.99. The number of methoxy groups -OCH3 is 1. The van der Waals surface area contributed by atoms with Crippen LogP contribution in [0.15, 0.2) is 0 Å². The molecule has 3 heteroatoms. The SMILES string of the molecule is COC1CCCC1C(=O)Cl. The van der Waals surface area contributed by atoms with Crippen LogP contribution in [-0.2, 0) is 9.53 Å². The summed E-state index contributed by atoms with van der Waals surface area (Å²) in [5, 5.41) is -0.246. The van der Waals surface area contributed by atoms with Crippen molar-refractivity contribution in [1.29, 1.82) is 0 Å². The van der Waals surface area contributed by atoms with Crippen molar-refractivity contribution < 1.29 is 9.53 Å². The first kappa shape index (κ1) is 8.02. The van der Waals surface area contributed by atoms with Gasteiger partial charge in [0.2, 0.25) is 5.24 Å². The molecule has 1 fully saturated rings. The van der Waals surface area contributed by atoms with Crippen LogP contribution < -0.4 is 0 Å². The van der Waals surface area contributed by atoms with Gasteiger partial charge in [-0.3, -0.25) is 4.79 Å². The average molecular weight is 163 g/mol. The highest BCUT2D eigenvalue weighted by molar-refractivity contribution is 6.64. The number of hydrogen-bond acceptors (Lipinski definition) is 2. The van der Waals surface area contributed by atoms with Gasteiger partial charge in [-0.05, 0) is 30.9 Å². The van der Waals surface area contributed by atoms with Crippen molar-refractivity contribution in [1.82, 2.24) is 0 Å². The van der Waals surface area contributed by atoms with Gasteiger partial charge < -0.3 is 4.74 Å². The van der Waals surface area contributed by atoms with Crippen molar-refractivity contribution in [3.8, 4) is 0 Å². The van der Waals surface area contributed by atoms with Crippen LogP contribution in [-0.4, -0.2) is 18.5 Å². The number of rotatable bonds is 2. The Balaban J connectivity index is 2.50. The summed E-state index contributed by atoms with van der Waals surface area (Å²) in [7, 11) is 1.63. The molecule has 0 heterocycles. The van der Waals surface area contributed by atoms with Gasteiger partial charge in [0.1, 0.15) is 0 Å². The smallest absolute Gasteiger partial charge is 0.227 e. The maximum Gasteiger partial charge on any atom is 0.227 e. The zero-order valence-electron chi connectivity index (χ0n) is 5.97. The van der Waals surface area contributed by atoms with Crippen LogP contribution in [0.3, 0.4) is 0 Å². The monoisotopic (exact) mass is 162 g/mol.